The van der Waals surface area contributed by atoms with E-state index in [1.165, 1.54) is 4.90 Å². The molecule has 0 aliphatic carbocycles. The number of para-hydroxylation sites is 2. The van der Waals surface area contributed by atoms with E-state index in [1.807, 2.05) is 6.07 Å². The summed E-state index contributed by atoms with van der Waals surface area (Å²) in [5.41, 5.74) is 2.04. The van der Waals surface area contributed by atoms with E-state index in [2.05, 4.69) is 5.32 Å². The smallest absolute Gasteiger partial charge is 0.306 e. The number of benzene rings is 2. The lowest BCUT2D eigenvalue weighted by molar-refractivity contribution is -0.148. The minimum atomic E-state index is -0.479. The molecule has 1 heterocycles. The van der Waals surface area contributed by atoms with Crippen LogP contribution in [0.25, 0.3) is 0 Å². The fourth-order valence-electron chi connectivity index (χ4n) is 3.53. The highest BCUT2D eigenvalue weighted by atomic mass is 16.5. The number of carbonyl (C=O) groups is 3. The summed E-state index contributed by atoms with van der Waals surface area (Å²) in [6.07, 6.45) is 0.720. The van der Waals surface area contributed by atoms with Crippen molar-refractivity contribution in [2.45, 2.75) is 32.2 Å². The molecule has 8 heteroatoms. The van der Waals surface area contributed by atoms with Gasteiger partial charge in [0.2, 0.25) is 5.91 Å². The number of aryl methyl sites for hydroxylation is 1. The molecule has 0 radical (unpaired) electrons. The van der Waals surface area contributed by atoms with Gasteiger partial charge < -0.3 is 24.4 Å². The molecule has 0 spiro atoms. The van der Waals surface area contributed by atoms with Gasteiger partial charge in [-0.15, -0.1) is 0 Å². The molecule has 2 amide bonds. The van der Waals surface area contributed by atoms with Crippen LogP contribution >= 0.6 is 0 Å². The second kappa shape index (κ2) is 9.97. The van der Waals surface area contributed by atoms with Gasteiger partial charge in [-0.3, -0.25) is 14.4 Å². The van der Waals surface area contributed by atoms with Crippen LogP contribution in [0.1, 0.15) is 25.3 Å². The second-order valence-electron chi connectivity index (χ2n) is 7.23. The molecule has 2 aromatic rings. The van der Waals surface area contributed by atoms with Crippen molar-refractivity contribution in [2.75, 3.05) is 31.0 Å². The highest BCUT2D eigenvalue weighted by molar-refractivity contribution is 6.05. The summed E-state index contributed by atoms with van der Waals surface area (Å²) in [7, 11) is 3.11. The lowest BCUT2D eigenvalue weighted by Gasteiger charge is -2.27. The summed E-state index contributed by atoms with van der Waals surface area (Å²) in [4.78, 5) is 38.6. The maximum absolute atomic E-state index is 12.8. The van der Waals surface area contributed by atoms with Crippen LogP contribution in [0.3, 0.4) is 0 Å². The molecule has 1 aliphatic heterocycles. The summed E-state index contributed by atoms with van der Waals surface area (Å²) in [6.45, 7) is 1.40. The molecule has 0 aromatic heterocycles. The lowest BCUT2D eigenvalue weighted by atomic mass is 10.1. The quantitative estimate of drug-likeness (QED) is 0.684. The predicted molar refractivity (Wildman–Crippen MR) is 115 cm³/mol. The van der Waals surface area contributed by atoms with Crippen molar-refractivity contribution in [2.24, 2.45) is 0 Å². The number of amides is 2. The Balaban J connectivity index is 1.59. The van der Waals surface area contributed by atoms with E-state index in [0.717, 1.165) is 5.56 Å². The first-order valence-corrected chi connectivity index (χ1v) is 10.0. The Morgan fingerprint density at radius 2 is 1.84 bits per heavy atom. The molecule has 1 N–H and O–H groups in total. The van der Waals surface area contributed by atoms with Crippen LogP contribution < -0.4 is 19.7 Å². The zero-order valence-corrected chi connectivity index (χ0v) is 17.8. The van der Waals surface area contributed by atoms with Crippen molar-refractivity contribution in [3.63, 3.8) is 0 Å². The summed E-state index contributed by atoms with van der Waals surface area (Å²) < 4.78 is 15.7. The summed E-state index contributed by atoms with van der Waals surface area (Å²) in [5, 5.41) is 2.80. The van der Waals surface area contributed by atoms with Gasteiger partial charge in [0.1, 0.15) is 0 Å². The van der Waals surface area contributed by atoms with E-state index in [4.69, 9.17) is 14.2 Å². The molecular weight excluding hydrogens is 400 g/mol. The number of nitrogens with one attached hydrogen (secondary N) is 1. The van der Waals surface area contributed by atoms with Gasteiger partial charge >= 0.3 is 5.97 Å². The number of nitrogens with zero attached hydrogens (tertiary/aromatic N) is 1. The van der Waals surface area contributed by atoms with E-state index in [9.17, 15) is 14.4 Å². The van der Waals surface area contributed by atoms with Gasteiger partial charge in [0, 0.05) is 18.9 Å². The number of hydrogen-bond donors (Lipinski definition) is 1. The van der Waals surface area contributed by atoms with Crippen molar-refractivity contribution in [1.29, 1.82) is 0 Å². The minimum Gasteiger partial charge on any atom is -0.493 e. The maximum atomic E-state index is 12.8. The fourth-order valence-corrected chi connectivity index (χ4v) is 3.53. The van der Waals surface area contributed by atoms with Gasteiger partial charge in [-0.1, -0.05) is 18.2 Å². The van der Waals surface area contributed by atoms with Gasteiger partial charge in [-0.25, -0.2) is 0 Å². The monoisotopic (exact) mass is 426 g/mol. The predicted octanol–water partition coefficient (Wildman–Crippen LogP) is 2.94. The van der Waals surface area contributed by atoms with E-state index >= 15 is 0 Å². The molecule has 31 heavy (non-hydrogen) atoms. The first-order chi connectivity index (χ1) is 14.9. The molecule has 0 fully saturated rings. The number of esters is 1. The van der Waals surface area contributed by atoms with E-state index in [1.54, 1.807) is 57.5 Å². The van der Waals surface area contributed by atoms with Gasteiger partial charge in [-0.2, -0.15) is 0 Å². The van der Waals surface area contributed by atoms with Gasteiger partial charge in [0.25, 0.3) is 5.91 Å². The van der Waals surface area contributed by atoms with Crippen molar-refractivity contribution in [3.05, 3.63) is 48.0 Å². The summed E-state index contributed by atoms with van der Waals surface area (Å²) in [5.74, 6) is 0.172. The Hall–Kier alpha value is -3.55. The number of ether oxygens (including phenoxy) is 3. The molecule has 1 aliphatic rings. The largest absolute Gasteiger partial charge is 0.493 e. The molecule has 3 rings (SSSR count). The molecule has 0 saturated carbocycles. The van der Waals surface area contributed by atoms with Gasteiger partial charge in [-0.05, 0) is 43.2 Å². The highest BCUT2D eigenvalue weighted by Gasteiger charge is 2.30. The molecule has 2 aromatic carbocycles. The zero-order chi connectivity index (χ0) is 22.4. The van der Waals surface area contributed by atoms with Crippen LogP contribution in [0, 0.1) is 0 Å². The molecule has 164 valence electrons. The highest BCUT2D eigenvalue weighted by Crippen LogP contribution is 2.31. The topological polar surface area (TPSA) is 94.2 Å². The van der Waals surface area contributed by atoms with E-state index < -0.39 is 12.6 Å². The number of hydrogen-bond acceptors (Lipinski definition) is 6. The Kier molecular flexibility index (Phi) is 7.12. The van der Waals surface area contributed by atoms with Crippen LogP contribution in [-0.2, 0) is 25.5 Å². The first-order valence-electron chi connectivity index (χ1n) is 10.0. The van der Waals surface area contributed by atoms with Gasteiger partial charge in [0.15, 0.2) is 18.1 Å². The molecular formula is C23H26N2O6. The van der Waals surface area contributed by atoms with Crippen LogP contribution in [0.5, 0.6) is 11.5 Å². The lowest BCUT2D eigenvalue weighted by Crippen LogP contribution is -2.41. The number of methoxy groups -OCH3 is 2. The number of carbonyl (C=O) groups excluding carboxylic acids is 3. The first kappa shape index (κ1) is 22.1. The molecule has 0 bridgehead atoms. The van der Waals surface area contributed by atoms with Crippen LogP contribution in [0.15, 0.2) is 42.5 Å². The number of anilines is 2. The third kappa shape index (κ3) is 5.33. The molecule has 0 saturated heterocycles. The number of fused-ring (bicyclic) bond motifs is 1. The Morgan fingerprint density at radius 3 is 2.58 bits per heavy atom. The van der Waals surface area contributed by atoms with Crippen LogP contribution in [-0.4, -0.2) is 44.7 Å². The Bertz CT molecular complexity index is 974. The third-order valence-electron chi connectivity index (χ3n) is 5.05. The van der Waals surface area contributed by atoms with Crippen LogP contribution in [0.4, 0.5) is 11.4 Å². The van der Waals surface area contributed by atoms with Crippen LogP contribution in [0.2, 0.25) is 0 Å². The van der Waals surface area contributed by atoms with Crippen molar-refractivity contribution in [1.82, 2.24) is 0 Å². The fraction of sp³-hybridized carbons (Fsp3) is 0.348. The average Bonchev–Trinajstić information content (AvgIpc) is 2.89. The summed E-state index contributed by atoms with van der Waals surface area (Å²) >= 11 is 0. The molecule has 1 atom stereocenters. The van der Waals surface area contributed by atoms with E-state index in [0.29, 0.717) is 29.3 Å². The van der Waals surface area contributed by atoms with Crippen molar-refractivity contribution >= 4 is 29.2 Å². The molecule has 1 unspecified atom stereocenters. The van der Waals surface area contributed by atoms with Crippen molar-refractivity contribution < 1.29 is 28.6 Å². The minimum absolute atomic E-state index is 0.120. The summed E-state index contributed by atoms with van der Waals surface area (Å²) in [6, 6.07) is 12.1. The Morgan fingerprint density at radius 1 is 1.10 bits per heavy atom. The Labute approximate surface area is 181 Å². The SMILES string of the molecule is COc1ccc(CCC(=O)OCC(=O)N2c3ccccc3NC(=O)CC2C)cc1OC. The van der Waals surface area contributed by atoms with Crippen molar-refractivity contribution in [3.8, 4) is 11.5 Å². The standard InChI is InChI=1S/C23H26N2O6/c1-15-12-21(26)24-17-6-4-5-7-18(17)25(15)22(27)14-31-23(28)11-9-16-8-10-19(29-2)20(13-16)30-3/h4-8,10,13,15H,9,11-12,14H2,1-3H3,(H,24,26). The second-order valence-corrected chi connectivity index (χ2v) is 7.23. The third-order valence-corrected chi connectivity index (χ3v) is 5.05. The number of rotatable bonds is 7. The molecule has 8 nitrogen and oxygen atoms in total. The zero-order valence-electron chi connectivity index (χ0n) is 17.8. The van der Waals surface area contributed by atoms with Gasteiger partial charge in [0.05, 0.1) is 25.6 Å². The maximum Gasteiger partial charge on any atom is 0.306 e. The average molecular weight is 426 g/mol. The normalized spacial score (nSPS) is 15.4. The van der Waals surface area contributed by atoms with E-state index in [-0.39, 0.29) is 30.7 Å².